The summed E-state index contributed by atoms with van der Waals surface area (Å²) in [5.41, 5.74) is 1.47. The monoisotopic (exact) mass is 301 g/mol. The quantitative estimate of drug-likeness (QED) is 0.543. The van der Waals surface area contributed by atoms with E-state index in [1.54, 1.807) is 3.88 Å². The van der Waals surface area contributed by atoms with Crippen LogP contribution < -0.4 is 11.4 Å². The van der Waals surface area contributed by atoms with Gasteiger partial charge in [0.15, 0.2) is 0 Å². The van der Waals surface area contributed by atoms with Gasteiger partial charge in [0, 0.05) is 0 Å². The molecule has 0 spiro atoms. The zero-order valence-electron chi connectivity index (χ0n) is 13.1. The van der Waals surface area contributed by atoms with Gasteiger partial charge in [-0.2, -0.15) is 0 Å². The predicted molar refractivity (Wildman–Crippen MR) is 81.3 cm³/mol. The Morgan fingerprint density at radius 2 is 1.42 bits per heavy atom. The minimum atomic E-state index is -2.51. The zero-order chi connectivity index (χ0) is 14.1. The molecule has 4 heteroatoms. The van der Waals surface area contributed by atoms with Gasteiger partial charge in [-0.25, -0.2) is 0 Å². The topological polar surface area (TPSA) is 36.1 Å². The molecule has 0 saturated heterocycles. The van der Waals surface area contributed by atoms with Crippen LogP contribution in [0.3, 0.4) is 0 Å². The van der Waals surface area contributed by atoms with Crippen LogP contribution in [-0.2, 0) is 17.4 Å². The van der Waals surface area contributed by atoms with Crippen LogP contribution in [0.15, 0.2) is 21.6 Å². The van der Waals surface area contributed by atoms with E-state index in [0.29, 0.717) is 0 Å². The molecule has 0 unspecified atom stereocenters. The zero-order valence-corrected chi connectivity index (χ0v) is 14.7. The van der Waals surface area contributed by atoms with Crippen LogP contribution in [0.1, 0.15) is 53.4 Å². The van der Waals surface area contributed by atoms with E-state index >= 15 is 0 Å². The van der Waals surface area contributed by atoms with Crippen molar-refractivity contribution in [2.45, 2.75) is 53.4 Å². The second-order valence-electron chi connectivity index (χ2n) is 5.30. The first-order valence-corrected chi connectivity index (χ1v) is 10.9. The Hall–Kier alpha value is 0.0743. The maximum atomic E-state index is 3.89. The summed E-state index contributed by atoms with van der Waals surface area (Å²) < 4.78 is 13.3. The van der Waals surface area contributed by atoms with Crippen LogP contribution in [0.25, 0.3) is 0 Å². The fourth-order valence-corrected chi connectivity index (χ4v) is 8.74. The van der Waals surface area contributed by atoms with Crippen molar-refractivity contribution in [1.82, 2.24) is 11.4 Å². The molecule has 1 aliphatic rings. The van der Waals surface area contributed by atoms with Crippen molar-refractivity contribution in [3.63, 3.8) is 0 Å². The Morgan fingerprint density at radius 1 is 0.947 bits per heavy atom. The van der Waals surface area contributed by atoms with Crippen molar-refractivity contribution >= 4 is 0 Å². The Balaban J connectivity index is 2.91. The van der Waals surface area contributed by atoms with Crippen molar-refractivity contribution in [2.75, 3.05) is 19.6 Å². The second kappa shape index (κ2) is 9.09. The molecule has 0 aliphatic heterocycles. The Morgan fingerprint density at radius 3 is 1.74 bits per heavy atom. The molecule has 0 saturated carbocycles. The molecule has 110 valence electrons. The van der Waals surface area contributed by atoms with Gasteiger partial charge in [0.2, 0.25) is 0 Å². The average Bonchev–Trinajstić information content (AvgIpc) is 2.85. The molecule has 0 atom stereocenters. The van der Waals surface area contributed by atoms with Crippen LogP contribution in [0, 0.1) is 0 Å². The summed E-state index contributed by atoms with van der Waals surface area (Å²) in [6.07, 6.45) is 9.27. The van der Waals surface area contributed by atoms with E-state index in [2.05, 4.69) is 51.2 Å². The van der Waals surface area contributed by atoms with Gasteiger partial charge >= 0.3 is 123 Å². The van der Waals surface area contributed by atoms with Gasteiger partial charge in [0.25, 0.3) is 0 Å². The van der Waals surface area contributed by atoms with Gasteiger partial charge in [-0.3, -0.25) is 0 Å². The predicted octanol–water partition coefficient (Wildman–Crippen LogP) is 3.12. The number of hydrogen-bond acceptors (Lipinski definition) is 3. The molecule has 19 heavy (non-hydrogen) atoms. The molecular weight excluding hydrogens is 270 g/mol. The third-order valence-corrected chi connectivity index (χ3v) is 9.54. The van der Waals surface area contributed by atoms with Gasteiger partial charge in [-0.05, 0) is 0 Å². The Labute approximate surface area is 123 Å². The van der Waals surface area contributed by atoms with E-state index in [1.807, 2.05) is 0 Å². The third-order valence-electron chi connectivity index (χ3n) is 3.54. The number of allylic oxidation sites excluding steroid dienone is 4. The van der Waals surface area contributed by atoms with Gasteiger partial charge in [-0.1, -0.05) is 0 Å². The van der Waals surface area contributed by atoms with Gasteiger partial charge in [-0.15, -0.1) is 0 Å². The van der Waals surface area contributed by atoms with Crippen molar-refractivity contribution in [1.29, 1.82) is 0 Å². The summed E-state index contributed by atoms with van der Waals surface area (Å²) in [6.45, 7) is 12.3. The molecule has 3 N–H and O–H groups in total. The van der Waals surface area contributed by atoms with Crippen LogP contribution in [0.4, 0.5) is 0 Å². The molecule has 0 fully saturated rings. The summed E-state index contributed by atoms with van der Waals surface area (Å²) in [6, 6.07) is 0. The van der Waals surface area contributed by atoms with Gasteiger partial charge in [0.1, 0.15) is 0 Å². The van der Waals surface area contributed by atoms with Crippen LogP contribution >= 0.6 is 0 Å². The number of hydrogen-bond donors (Lipinski definition) is 3. The number of rotatable bonds is 10. The van der Waals surface area contributed by atoms with Crippen molar-refractivity contribution < 1.29 is 17.4 Å². The van der Waals surface area contributed by atoms with E-state index < -0.39 is 17.4 Å². The van der Waals surface area contributed by atoms with Crippen molar-refractivity contribution in [2.24, 2.45) is 0 Å². The molecular formula is C15H31N3Ti. The van der Waals surface area contributed by atoms with E-state index in [9.17, 15) is 0 Å². The fourth-order valence-electron chi connectivity index (χ4n) is 2.51. The summed E-state index contributed by atoms with van der Waals surface area (Å²) in [4.78, 5) is 0. The van der Waals surface area contributed by atoms with Crippen molar-refractivity contribution in [3.8, 4) is 0 Å². The Bertz CT molecular complexity index is 302. The molecule has 0 aromatic rings. The van der Waals surface area contributed by atoms with E-state index in [-0.39, 0.29) is 0 Å². The van der Waals surface area contributed by atoms with Crippen LogP contribution in [-0.4, -0.2) is 19.6 Å². The molecule has 0 radical (unpaired) electrons. The molecule has 1 rings (SSSR count). The fraction of sp³-hybridized carbons (Fsp3) is 0.733. The number of nitrogens with one attached hydrogen (secondary N) is 3. The molecule has 0 aromatic carbocycles. The van der Waals surface area contributed by atoms with Crippen LogP contribution in [0.5, 0.6) is 0 Å². The summed E-state index contributed by atoms with van der Waals surface area (Å²) >= 11 is -2.51. The van der Waals surface area contributed by atoms with Crippen LogP contribution in [0.2, 0.25) is 0 Å². The average molecular weight is 301 g/mol. The minimum absolute atomic E-state index is 1.10. The standard InChI is InChI=1S/C6H7.3C3H8N.Ti/c1-6-4-2-3-5-6;3*1-2-3-4;/h2,4H,3H2,1H3;3*4H,2-3H2,1H3;/q;3*-1;+3. The maximum absolute atomic E-state index is 3.89. The van der Waals surface area contributed by atoms with E-state index in [0.717, 1.165) is 26.1 Å². The van der Waals surface area contributed by atoms with E-state index in [1.165, 1.54) is 24.8 Å². The molecule has 1 aliphatic carbocycles. The first-order chi connectivity index (χ1) is 9.20. The summed E-state index contributed by atoms with van der Waals surface area (Å²) in [7, 11) is 0. The molecule has 0 amide bonds. The molecule has 0 heterocycles. The molecule has 0 aromatic heterocycles. The first kappa shape index (κ1) is 17.1. The van der Waals surface area contributed by atoms with E-state index in [4.69, 9.17) is 0 Å². The first-order valence-electron chi connectivity index (χ1n) is 7.82. The van der Waals surface area contributed by atoms with Gasteiger partial charge in [0.05, 0.1) is 0 Å². The summed E-state index contributed by atoms with van der Waals surface area (Å²) in [5.74, 6) is 0. The molecule has 0 bridgehead atoms. The molecule has 3 nitrogen and oxygen atoms in total. The SMILES string of the molecule is CCC[NH][Ti]([NH]CCC)([NH]CCC)[C]1=C(C)C=CC1. The summed E-state index contributed by atoms with van der Waals surface area (Å²) in [5, 5.41) is 0. The van der Waals surface area contributed by atoms with Gasteiger partial charge < -0.3 is 0 Å². The van der Waals surface area contributed by atoms with Crippen molar-refractivity contribution in [3.05, 3.63) is 21.6 Å². The Kier molecular flexibility index (Phi) is 8.20. The third kappa shape index (κ3) is 4.84. The second-order valence-corrected chi connectivity index (χ2v) is 10.2. The normalized spacial score (nSPS) is 15.6.